The standard InChI is InChI=1S/C25H19N3O10S/c1-14-4-7-18(13-21(14)28(32)33)39(34,35)38-22-9-5-16(12-23(22)36-3)11-19-25(29)37-24(26-19)17-6-8-20(27(30)31)15(2)10-17/h4-13H,1-3H3/b19-11+. The number of benzene rings is 3. The minimum Gasteiger partial charge on any atom is -0.493 e. The summed E-state index contributed by atoms with van der Waals surface area (Å²) in [5, 5.41) is 22.2. The molecule has 3 aromatic carbocycles. The smallest absolute Gasteiger partial charge is 0.363 e. The molecule has 0 unspecified atom stereocenters. The number of rotatable bonds is 8. The maximum Gasteiger partial charge on any atom is 0.363 e. The summed E-state index contributed by atoms with van der Waals surface area (Å²) in [4.78, 5) is 37.2. The molecule has 13 nitrogen and oxygen atoms in total. The number of cyclic esters (lactones) is 1. The van der Waals surface area contributed by atoms with Gasteiger partial charge in [-0.3, -0.25) is 20.2 Å². The highest BCUT2D eigenvalue weighted by molar-refractivity contribution is 7.87. The number of aryl methyl sites for hydroxylation is 2. The zero-order valence-electron chi connectivity index (χ0n) is 20.6. The molecule has 0 atom stereocenters. The summed E-state index contributed by atoms with van der Waals surface area (Å²) in [7, 11) is -3.17. The van der Waals surface area contributed by atoms with Gasteiger partial charge in [-0.2, -0.15) is 8.42 Å². The van der Waals surface area contributed by atoms with Gasteiger partial charge in [-0.25, -0.2) is 9.79 Å². The summed E-state index contributed by atoms with van der Waals surface area (Å²) in [6, 6.07) is 11.7. The Hall–Kier alpha value is -5.11. The second-order valence-corrected chi connectivity index (χ2v) is 9.79. The highest BCUT2D eigenvalue weighted by Gasteiger charge is 2.26. The number of ether oxygens (including phenoxy) is 2. The molecular formula is C25H19N3O10S. The minimum atomic E-state index is -4.45. The van der Waals surface area contributed by atoms with Crippen molar-refractivity contribution in [1.82, 2.24) is 0 Å². The van der Waals surface area contributed by atoms with Gasteiger partial charge in [-0.05, 0) is 55.8 Å². The Balaban J connectivity index is 1.61. The van der Waals surface area contributed by atoms with Crippen molar-refractivity contribution in [2.45, 2.75) is 18.7 Å². The van der Waals surface area contributed by atoms with Crippen molar-refractivity contribution in [3.05, 3.63) is 103 Å². The molecule has 1 heterocycles. The lowest BCUT2D eigenvalue weighted by molar-refractivity contribution is -0.385. The van der Waals surface area contributed by atoms with Crippen LogP contribution in [-0.2, 0) is 19.6 Å². The number of esters is 1. The van der Waals surface area contributed by atoms with Crippen LogP contribution in [0.5, 0.6) is 11.5 Å². The number of hydrogen-bond donors (Lipinski definition) is 0. The topological polar surface area (TPSA) is 178 Å². The third-order valence-corrected chi connectivity index (χ3v) is 6.85. The van der Waals surface area contributed by atoms with Gasteiger partial charge >= 0.3 is 16.1 Å². The van der Waals surface area contributed by atoms with E-state index in [1.54, 1.807) is 6.92 Å². The van der Waals surface area contributed by atoms with Gasteiger partial charge in [-0.15, -0.1) is 0 Å². The molecule has 0 aliphatic carbocycles. The fourth-order valence-corrected chi connectivity index (χ4v) is 4.60. The Bertz CT molecular complexity index is 1710. The van der Waals surface area contributed by atoms with Crippen LogP contribution in [0, 0.1) is 34.1 Å². The zero-order chi connectivity index (χ0) is 28.5. The van der Waals surface area contributed by atoms with Crippen LogP contribution in [0.2, 0.25) is 0 Å². The largest absolute Gasteiger partial charge is 0.493 e. The molecule has 39 heavy (non-hydrogen) atoms. The summed E-state index contributed by atoms with van der Waals surface area (Å²) in [6.07, 6.45) is 1.37. The first-order valence-electron chi connectivity index (χ1n) is 11.0. The molecule has 0 fully saturated rings. The number of aliphatic imine (C=N–C) groups is 1. The Kier molecular flexibility index (Phi) is 7.14. The van der Waals surface area contributed by atoms with Crippen molar-refractivity contribution < 1.29 is 36.7 Å². The highest BCUT2D eigenvalue weighted by atomic mass is 32.2. The molecule has 0 spiro atoms. The van der Waals surface area contributed by atoms with Gasteiger partial charge < -0.3 is 13.7 Å². The molecule has 200 valence electrons. The van der Waals surface area contributed by atoms with E-state index in [4.69, 9.17) is 13.7 Å². The molecular weight excluding hydrogens is 534 g/mol. The van der Waals surface area contributed by atoms with Crippen molar-refractivity contribution >= 4 is 39.4 Å². The van der Waals surface area contributed by atoms with Crippen LogP contribution in [0.3, 0.4) is 0 Å². The Labute approximate surface area is 221 Å². The summed E-state index contributed by atoms with van der Waals surface area (Å²) in [6.45, 7) is 3.03. The summed E-state index contributed by atoms with van der Waals surface area (Å²) >= 11 is 0. The van der Waals surface area contributed by atoms with Crippen molar-refractivity contribution in [2.24, 2.45) is 4.99 Å². The van der Waals surface area contributed by atoms with E-state index in [9.17, 15) is 33.4 Å². The first-order valence-corrected chi connectivity index (χ1v) is 12.5. The van der Waals surface area contributed by atoms with Gasteiger partial charge in [0.15, 0.2) is 17.2 Å². The maximum atomic E-state index is 12.8. The van der Waals surface area contributed by atoms with Gasteiger partial charge in [0.1, 0.15) is 4.90 Å². The van der Waals surface area contributed by atoms with Gasteiger partial charge in [0.25, 0.3) is 11.4 Å². The Morgan fingerprint density at radius 2 is 1.62 bits per heavy atom. The summed E-state index contributed by atoms with van der Waals surface area (Å²) < 4.78 is 41.2. The number of carbonyl (C=O) groups excluding carboxylic acids is 1. The second-order valence-electron chi connectivity index (χ2n) is 8.25. The van der Waals surface area contributed by atoms with Crippen molar-refractivity contribution in [1.29, 1.82) is 0 Å². The van der Waals surface area contributed by atoms with Gasteiger partial charge in [0, 0.05) is 28.8 Å². The van der Waals surface area contributed by atoms with Gasteiger partial charge in [0.2, 0.25) is 5.90 Å². The third kappa shape index (κ3) is 5.60. The molecule has 0 bridgehead atoms. The summed E-state index contributed by atoms with van der Waals surface area (Å²) in [5.74, 6) is -0.989. The van der Waals surface area contributed by atoms with E-state index >= 15 is 0 Å². The molecule has 0 amide bonds. The lowest BCUT2D eigenvalue weighted by Crippen LogP contribution is -2.11. The predicted octanol–water partition coefficient (Wildman–Crippen LogP) is 4.24. The first-order chi connectivity index (χ1) is 18.4. The van der Waals surface area contributed by atoms with Crippen LogP contribution in [0.15, 0.2) is 70.2 Å². The lowest BCUT2D eigenvalue weighted by atomic mass is 10.1. The van der Waals surface area contributed by atoms with E-state index in [1.807, 2.05) is 0 Å². The zero-order valence-corrected chi connectivity index (χ0v) is 21.4. The monoisotopic (exact) mass is 553 g/mol. The third-order valence-electron chi connectivity index (χ3n) is 5.62. The van der Waals surface area contributed by atoms with Crippen LogP contribution in [0.25, 0.3) is 6.08 Å². The number of hydrogen-bond acceptors (Lipinski definition) is 11. The number of nitrogens with zero attached hydrogens (tertiary/aromatic N) is 3. The average molecular weight is 554 g/mol. The van der Waals surface area contributed by atoms with Crippen LogP contribution < -0.4 is 8.92 Å². The minimum absolute atomic E-state index is 0.00361. The van der Waals surface area contributed by atoms with Crippen molar-refractivity contribution in [2.75, 3.05) is 7.11 Å². The van der Waals surface area contributed by atoms with Gasteiger partial charge in [-0.1, -0.05) is 12.1 Å². The normalized spacial score (nSPS) is 14.1. The molecule has 1 aliphatic heterocycles. The van der Waals surface area contributed by atoms with Crippen LogP contribution in [0.4, 0.5) is 11.4 Å². The van der Waals surface area contributed by atoms with Gasteiger partial charge in [0.05, 0.1) is 17.0 Å². The van der Waals surface area contributed by atoms with Crippen molar-refractivity contribution in [3.8, 4) is 11.5 Å². The van der Waals surface area contributed by atoms with E-state index in [-0.39, 0.29) is 40.0 Å². The first kappa shape index (κ1) is 26.9. The maximum absolute atomic E-state index is 12.8. The fraction of sp³-hybridized carbons (Fsp3) is 0.120. The second kappa shape index (κ2) is 10.3. The molecule has 0 saturated heterocycles. The van der Waals surface area contributed by atoms with Crippen molar-refractivity contribution in [3.63, 3.8) is 0 Å². The van der Waals surface area contributed by atoms with E-state index in [0.717, 1.165) is 6.07 Å². The highest BCUT2D eigenvalue weighted by Crippen LogP contribution is 2.33. The van der Waals surface area contributed by atoms with Crippen LogP contribution in [0.1, 0.15) is 22.3 Å². The number of carbonyl (C=O) groups is 1. The van der Waals surface area contributed by atoms with Crippen LogP contribution >= 0.6 is 0 Å². The SMILES string of the molecule is COc1cc(/C=C2/N=C(c3ccc([N+](=O)[O-])c(C)c3)OC2=O)ccc1OS(=O)(=O)c1ccc(C)c([N+](=O)[O-])c1. The van der Waals surface area contributed by atoms with E-state index in [0.29, 0.717) is 16.7 Å². The number of nitro groups is 2. The Morgan fingerprint density at radius 3 is 2.26 bits per heavy atom. The molecule has 1 aliphatic rings. The van der Waals surface area contributed by atoms with E-state index in [2.05, 4.69) is 4.99 Å². The van der Waals surface area contributed by atoms with E-state index < -0.39 is 30.8 Å². The molecule has 4 rings (SSSR count). The number of methoxy groups -OCH3 is 1. The lowest BCUT2D eigenvalue weighted by Gasteiger charge is -2.11. The Morgan fingerprint density at radius 1 is 0.897 bits per heavy atom. The molecule has 14 heteroatoms. The van der Waals surface area contributed by atoms with Crippen LogP contribution in [-0.4, -0.2) is 37.2 Å². The molecule has 3 aromatic rings. The fourth-order valence-electron chi connectivity index (χ4n) is 3.63. The summed E-state index contributed by atoms with van der Waals surface area (Å²) in [5.41, 5.74) is 0.879. The molecule has 0 N–H and O–H groups in total. The number of nitro benzene ring substituents is 2. The molecule has 0 aromatic heterocycles. The molecule has 0 radical (unpaired) electrons. The van der Waals surface area contributed by atoms with E-state index in [1.165, 1.54) is 68.6 Å². The molecule has 0 saturated carbocycles. The quantitative estimate of drug-likeness (QED) is 0.129. The predicted molar refractivity (Wildman–Crippen MR) is 137 cm³/mol. The average Bonchev–Trinajstić information content (AvgIpc) is 3.24.